The minimum Gasteiger partial charge on any atom is -0.491 e. The summed E-state index contributed by atoms with van der Waals surface area (Å²) in [5.74, 6) is 0.312. The van der Waals surface area contributed by atoms with Crippen LogP contribution >= 0.6 is 0 Å². The van der Waals surface area contributed by atoms with Crippen molar-refractivity contribution in [3.8, 4) is 17.9 Å². The van der Waals surface area contributed by atoms with Gasteiger partial charge in [0.15, 0.2) is 5.78 Å². The Morgan fingerprint density at radius 2 is 1.97 bits per heavy atom. The fraction of sp³-hybridized carbons (Fsp3) is 0.261. The first-order valence-corrected chi connectivity index (χ1v) is 9.43. The van der Waals surface area contributed by atoms with Crippen LogP contribution in [-0.2, 0) is 5.41 Å². The lowest BCUT2D eigenvalue weighted by molar-refractivity contribution is 0.0535. The van der Waals surface area contributed by atoms with Gasteiger partial charge >= 0.3 is 0 Å². The van der Waals surface area contributed by atoms with Crippen molar-refractivity contribution in [3.05, 3.63) is 63.8 Å². The van der Waals surface area contributed by atoms with Crippen LogP contribution < -0.4 is 4.74 Å². The van der Waals surface area contributed by atoms with Crippen molar-refractivity contribution in [1.82, 2.24) is 4.98 Å². The highest BCUT2D eigenvalue weighted by atomic mass is 16.5. The summed E-state index contributed by atoms with van der Waals surface area (Å²) in [6, 6.07) is 12.5. The second kappa shape index (κ2) is 7.00. The van der Waals surface area contributed by atoms with Crippen molar-refractivity contribution >= 4 is 16.7 Å². The largest absolute Gasteiger partial charge is 0.491 e. The number of benzene rings is 2. The Labute approximate surface area is 172 Å². The summed E-state index contributed by atoms with van der Waals surface area (Å²) < 4.78 is 5.56. The third-order valence-corrected chi connectivity index (χ3v) is 5.62. The van der Waals surface area contributed by atoms with Crippen molar-refractivity contribution in [2.75, 3.05) is 13.2 Å². The molecule has 1 aromatic heterocycles. The van der Waals surface area contributed by atoms with Gasteiger partial charge in [0.25, 0.3) is 0 Å². The average molecular weight is 401 g/mol. The zero-order chi connectivity index (χ0) is 21.6. The number of nitriles is 2. The smallest absolute Gasteiger partial charge is 0.195 e. The summed E-state index contributed by atoms with van der Waals surface area (Å²) in [6.45, 7) is 3.47. The molecule has 7 nitrogen and oxygen atoms in total. The molecule has 3 N–H and O–H groups in total. The monoisotopic (exact) mass is 401 g/mol. The lowest BCUT2D eigenvalue weighted by Gasteiger charge is -2.32. The minimum absolute atomic E-state index is 0.0657. The van der Waals surface area contributed by atoms with Gasteiger partial charge in [-0.1, -0.05) is 19.9 Å². The fourth-order valence-electron chi connectivity index (χ4n) is 4.02. The van der Waals surface area contributed by atoms with Crippen LogP contribution in [0.1, 0.15) is 52.2 Å². The van der Waals surface area contributed by atoms with E-state index in [1.54, 1.807) is 30.3 Å². The van der Waals surface area contributed by atoms with E-state index in [2.05, 4.69) is 11.1 Å². The van der Waals surface area contributed by atoms with Crippen LogP contribution in [-0.4, -0.2) is 40.3 Å². The lowest BCUT2D eigenvalue weighted by atomic mass is 9.71. The number of hydrogen-bond acceptors (Lipinski definition) is 6. The first-order valence-electron chi connectivity index (χ1n) is 9.43. The van der Waals surface area contributed by atoms with E-state index >= 15 is 0 Å². The maximum Gasteiger partial charge on any atom is 0.195 e. The van der Waals surface area contributed by atoms with E-state index < -0.39 is 18.1 Å². The fourth-order valence-corrected chi connectivity index (χ4v) is 4.02. The Bertz CT molecular complexity index is 1270. The Balaban J connectivity index is 1.89. The number of ketones is 1. The Hall–Kier alpha value is -3.65. The normalized spacial score (nSPS) is 15.1. The SMILES string of the molecule is CC1(C)c2cc(OC[C@H](O)CO)ccc2C(=O)c2c1[nH]c1c(C#N)c(C#N)ccc21. The number of nitrogens with zero attached hydrogens (tertiary/aromatic N) is 2. The molecule has 7 heteroatoms. The van der Waals surface area contributed by atoms with Crippen molar-refractivity contribution in [1.29, 1.82) is 10.5 Å². The molecule has 30 heavy (non-hydrogen) atoms. The molecule has 0 aliphatic heterocycles. The number of aliphatic hydroxyl groups is 2. The number of aromatic nitrogens is 1. The molecule has 0 radical (unpaired) electrons. The highest BCUT2D eigenvalue weighted by molar-refractivity contribution is 6.20. The van der Waals surface area contributed by atoms with Gasteiger partial charge < -0.3 is 19.9 Å². The molecule has 3 aromatic rings. The van der Waals surface area contributed by atoms with E-state index in [9.17, 15) is 20.4 Å². The van der Waals surface area contributed by atoms with Gasteiger partial charge in [0.05, 0.1) is 28.8 Å². The molecule has 1 aliphatic rings. The number of hydrogen-bond donors (Lipinski definition) is 3. The van der Waals surface area contributed by atoms with Gasteiger partial charge in [-0.15, -0.1) is 0 Å². The van der Waals surface area contributed by atoms with E-state index in [-0.39, 0.29) is 23.5 Å². The van der Waals surface area contributed by atoms with Crippen molar-refractivity contribution in [2.45, 2.75) is 25.4 Å². The predicted molar refractivity (Wildman–Crippen MR) is 108 cm³/mol. The lowest BCUT2D eigenvalue weighted by Crippen LogP contribution is -2.30. The highest BCUT2D eigenvalue weighted by Crippen LogP contribution is 2.45. The van der Waals surface area contributed by atoms with Crippen LogP contribution in [0.5, 0.6) is 5.75 Å². The van der Waals surface area contributed by atoms with Gasteiger partial charge in [0, 0.05) is 22.1 Å². The molecule has 1 heterocycles. The number of aromatic amines is 1. The number of fused-ring (bicyclic) bond motifs is 4. The number of ether oxygens (including phenoxy) is 1. The maximum absolute atomic E-state index is 13.4. The number of H-pyrrole nitrogens is 1. The van der Waals surface area contributed by atoms with E-state index in [4.69, 9.17) is 9.84 Å². The van der Waals surface area contributed by atoms with E-state index in [0.717, 1.165) is 5.56 Å². The van der Waals surface area contributed by atoms with E-state index in [0.29, 0.717) is 33.5 Å². The minimum atomic E-state index is -0.991. The number of carbonyl (C=O) groups excluding carboxylic acids is 1. The zero-order valence-electron chi connectivity index (χ0n) is 16.5. The van der Waals surface area contributed by atoms with E-state index in [1.165, 1.54) is 0 Å². The molecule has 0 saturated heterocycles. The Morgan fingerprint density at radius 1 is 1.20 bits per heavy atom. The van der Waals surface area contributed by atoms with Crippen LogP contribution in [0.25, 0.3) is 10.9 Å². The summed E-state index contributed by atoms with van der Waals surface area (Å²) in [6.07, 6.45) is -0.991. The predicted octanol–water partition coefficient (Wildman–Crippen LogP) is 2.51. The van der Waals surface area contributed by atoms with Crippen LogP contribution in [0.3, 0.4) is 0 Å². The second-order valence-corrected chi connectivity index (χ2v) is 7.82. The molecule has 0 fully saturated rings. The number of nitrogens with one attached hydrogen (secondary N) is 1. The van der Waals surface area contributed by atoms with Crippen molar-refractivity contribution in [2.24, 2.45) is 0 Å². The first-order chi connectivity index (χ1) is 14.3. The van der Waals surface area contributed by atoms with Crippen LogP contribution in [0.15, 0.2) is 30.3 Å². The summed E-state index contributed by atoms with van der Waals surface area (Å²) in [4.78, 5) is 16.6. The van der Waals surface area contributed by atoms with E-state index in [1.807, 2.05) is 19.9 Å². The molecular weight excluding hydrogens is 382 g/mol. The van der Waals surface area contributed by atoms with Crippen LogP contribution in [0.4, 0.5) is 0 Å². The molecule has 0 amide bonds. The number of rotatable bonds is 4. The van der Waals surface area contributed by atoms with Gasteiger partial charge in [0.1, 0.15) is 30.6 Å². The van der Waals surface area contributed by atoms with Gasteiger partial charge in [0.2, 0.25) is 0 Å². The van der Waals surface area contributed by atoms with Crippen LogP contribution in [0, 0.1) is 22.7 Å². The molecule has 0 bridgehead atoms. The molecular formula is C23H19N3O4. The number of carbonyl (C=O) groups is 1. The molecule has 150 valence electrons. The molecule has 1 aliphatic carbocycles. The van der Waals surface area contributed by atoms with Gasteiger partial charge in [-0.05, 0) is 29.8 Å². The summed E-state index contributed by atoms with van der Waals surface area (Å²) in [7, 11) is 0. The topological polar surface area (TPSA) is 130 Å². The average Bonchev–Trinajstić information content (AvgIpc) is 3.16. The standard InChI is InChI=1S/C23H19N3O4/c1-23(2)18-7-14(30-11-13(28)10-27)4-6-15(18)21(29)19-16-5-3-12(8-24)17(9-25)20(16)26-22(19)23/h3-7,13,26-28H,10-11H2,1-2H3/t13-/m1/s1. The van der Waals surface area contributed by atoms with Crippen molar-refractivity contribution < 1.29 is 19.7 Å². The molecule has 1 atom stereocenters. The molecule has 0 saturated carbocycles. The maximum atomic E-state index is 13.4. The number of aliphatic hydroxyl groups excluding tert-OH is 2. The summed E-state index contributed by atoms with van der Waals surface area (Å²) >= 11 is 0. The quantitative estimate of drug-likeness (QED) is 0.616. The second-order valence-electron chi connectivity index (χ2n) is 7.82. The highest BCUT2D eigenvalue weighted by Gasteiger charge is 2.40. The Kier molecular flexibility index (Phi) is 4.58. The molecule has 2 aromatic carbocycles. The first kappa shape index (κ1) is 19.7. The third-order valence-electron chi connectivity index (χ3n) is 5.62. The summed E-state index contributed by atoms with van der Waals surface area (Å²) in [5.41, 5.74) is 2.82. The van der Waals surface area contributed by atoms with Crippen molar-refractivity contribution in [3.63, 3.8) is 0 Å². The van der Waals surface area contributed by atoms with Gasteiger partial charge in [-0.2, -0.15) is 10.5 Å². The summed E-state index contributed by atoms with van der Waals surface area (Å²) in [5, 5.41) is 38.0. The van der Waals surface area contributed by atoms with Gasteiger partial charge in [-0.25, -0.2) is 0 Å². The molecule has 0 unspecified atom stereocenters. The third kappa shape index (κ3) is 2.76. The Morgan fingerprint density at radius 3 is 2.63 bits per heavy atom. The molecule has 0 spiro atoms. The van der Waals surface area contributed by atoms with Crippen LogP contribution in [0.2, 0.25) is 0 Å². The zero-order valence-corrected chi connectivity index (χ0v) is 16.5. The van der Waals surface area contributed by atoms with Gasteiger partial charge in [-0.3, -0.25) is 4.79 Å². The molecule has 4 rings (SSSR count).